The van der Waals surface area contributed by atoms with Gasteiger partial charge >= 0.3 is 0 Å². The lowest BCUT2D eigenvalue weighted by Crippen LogP contribution is -2.18. The van der Waals surface area contributed by atoms with Crippen LogP contribution in [0.5, 0.6) is 0 Å². The highest BCUT2D eigenvalue weighted by atomic mass is 31.1. The van der Waals surface area contributed by atoms with Crippen molar-refractivity contribution in [3.05, 3.63) is 0 Å². The molecule has 0 radical (unpaired) electrons. The lowest BCUT2D eigenvalue weighted by atomic mass is 9.92. The second-order valence-corrected chi connectivity index (χ2v) is 9.19. The van der Waals surface area contributed by atoms with Crippen LogP contribution in [-0.2, 0) is 0 Å². The monoisotopic (exact) mass is 226 g/mol. The topological polar surface area (TPSA) is 0 Å². The Morgan fingerprint density at radius 3 is 1.67 bits per heavy atom. The smallest absolute Gasteiger partial charge is 0.0204 e. The van der Waals surface area contributed by atoms with Gasteiger partial charge in [0.1, 0.15) is 0 Å². The molecular weight excluding hydrogens is 199 g/mol. The van der Waals surface area contributed by atoms with Gasteiger partial charge in [-0.15, -0.1) is 0 Å². The lowest BCUT2D eigenvalue weighted by molar-refractivity contribution is 0.413. The van der Waals surface area contributed by atoms with E-state index in [9.17, 15) is 0 Å². The Balaban J connectivity index is 2.07. The average Bonchev–Trinajstić information content (AvgIpc) is 2.45. The molecule has 1 aliphatic heterocycles. The summed E-state index contributed by atoms with van der Waals surface area (Å²) in [6.45, 7) is 10.1. The number of hydrogen-bond donors (Lipinski definition) is 0. The standard InChI is InChI=1S/C14H27P/c1-10-11(2)13(4)15(12(10)3)14-8-6-5-7-9-14/h10-14H,5-9H2,1-4H3. The van der Waals surface area contributed by atoms with E-state index in [0.29, 0.717) is 7.92 Å². The van der Waals surface area contributed by atoms with Gasteiger partial charge in [-0.1, -0.05) is 54.9 Å². The second kappa shape index (κ2) is 4.74. The van der Waals surface area contributed by atoms with Crippen molar-refractivity contribution in [3.63, 3.8) is 0 Å². The first-order chi connectivity index (χ1) is 7.13. The van der Waals surface area contributed by atoms with Crippen LogP contribution in [0.2, 0.25) is 0 Å². The predicted molar refractivity (Wildman–Crippen MR) is 71.0 cm³/mol. The summed E-state index contributed by atoms with van der Waals surface area (Å²) in [5.74, 6) is 1.96. The molecule has 1 saturated heterocycles. The van der Waals surface area contributed by atoms with Gasteiger partial charge < -0.3 is 0 Å². The first kappa shape index (κ1) is 11.9. The molecule has 0 spiro atoms. The van der Waals surface area contributed by atoms with E-state index in [0.717, 1.165) is 28.8 Å². The minimum absolute atomic E-state index is 0.336. The van der Waals surface area contributed by atoms with Gasteiger partial charge in [0, 0.05) is 0 Å². The van der Waals surface area contributed by atoms with Crippen LogP contribution >= 0.6 is 7.92 Å². The van der Waals surface area contributed by atoms with Crippen molar-refractivity contribution < 1.29 is 0 Å². The highest BCUT2D eigenvalue weighted by molar-refractivity contribution is 7.60. The summed E-state index contributed by atoms with van der Waals surface area (Å²) in [4.78, 5) is 0. The SMILES string of the molecule is CC1C(C)C(C)P(C2CCCCC2)C1C. The summed E-state index contributed by atoms with van der Waals surface area (Å²) in [7, 11) is 0.336. The summed E-state index contributed by atoms with van der Waals surface area (Å²) in [5.41, 5.74) is 3.20. The zero-order chi connectivity index (χ0) is 11.0. The highest BCUT2D eigenvalue weighted by Crippen LogP contribution is 2.65. The van der Waals surface area contributed by atoms with Crippen molar-refractivity contribution in [1.82, 2.24) is 0 Å². The van der Waals surface area contributed by atoms with Crippen LogP contribution in [0, 0.1) is 11.8 Å². The average molecular weight is 226 g/mol. The van der Waals surface area contributed by atoms with E-state index in [-0.39, 0.29) is 0 Å². The summed E-state index contributed by atoms with van der Waals surface area (Å²) < 4.78 is 0. The Morgan fingerprint density at radius 1 is 0.733 bits per heavy atom. The van der Waals surface area contributed by atoms with E-state index >= 15 is 0 Å². The van der Waals surface area contributed by atoms with Crippen LogP contribution in [0.25, 0.3) is 0 Å². The minimum Gasteiger partial charge on any atom is -0.0971 e. The largest absolute Gasteiger partial charge is 0.0971 e. The zero-order valence-corrected chi connectivity index (χ0v) is 11.8. The predicted octanol–water partition coefficient (Wildman–Crippen LogP) is 4.86. The van der Waals surface area contributed by atoms with E-state index in [1.165, 1.54) is 19.3 Å². The molecule has 1 saturated carbocycles. The Hall–Kier alpha value is 0.430. The summed E-state index contributed by atoms with van der Waals surface area (Å²) >= 11 is 0. The molecule has 0 bridgehead atoms. The lowest BCUT2D eigenvalue weighted by Gasteiger charge is -2.34. The molecule has 2 rings (SSSR count). The molecule has 0 nitrogen and oxygen atoms in total. The van der Waals surface area contributed by atoms with Crippen LogP contribution < -0.4 is 0 Å². The zero-order valence-electron chi connectivity index (χ0n) is 10.9. The molecule has 0 amide bonds. The summed E-state index contributed by atoms with van der Waals surface area (Å²) in [6.07, 6.45) is 7.66. The second-order valence-electron chi connectivity index (χ2n) is 5.94. The molecule has 0 aromatic carbocycles. The Kier molecular flexibility index (Phi) is 3.76. The van der Waals surface area contributed by atoms with E-state index in [4.69, 9.17) is 0 Å². The normalized spacial score (nSPS) is 48.4. The maximum Gasteiger partial charge on any atom is -0.0204 e. The van der Waals surface area contributed by atoms with E-state index in [1.54, 1.807) is 12.8 Å². The number of hydrogen-bond acceptors (Lipinski definition) is 0. The fourth-order valence-electron chi connectivity index (χ4n) is 3.84. The van der Waals surface area contributed by atoms with Gasteiger partial charge in [-0.2, -0.15) is 0 Å². The Morgan fingerprint density at radius 2 is 1.20 bits per heavy atom. The summed E-state index contributed by atoms with van der Waals surface area (Å²) in [6, 6.07) is 0. The van der Waals surface area contributed by atoms with Crippen molar-refractivity contribution in [1.29, 1.82) is 0 Å². The molecule has 0 aromatic heterocycles. The fourth-order valence-corrected chi connectivity index (χ4v) is 8.50. The quantitative estimate of drug-likeness (QED) is 0.560. The molecule has 2 aliphatic rings. The highest BCUT2D eigenvalue weighted by Gasteiger charge is 2.44. The van der Waals surface area contributed by atoms with Crippen LogP contribution in [0.1, 0.15) is 59.8 Å². The third-order valence-corrected chi connectivity index (χ3v) is 9.47. The molecule has 1 aliphatic carbocycles. The van der Waals surface area contributed by atoms with E-state index in [2.05, 4.69) is 27.7 Å². The molecule has 1 heterocycles. The van der Waals surface area contributed by atoms with Gasteiger partial charge in [-0.05, 0) is 41.7 Å². The van der Waals surface area contributed by atoms with Crippen molar-refractivity contribution in [2.24, 2.45) is 11.8 Å². The third kappa shape index (κ3) is 2.12. The van der Waals surface area contributed by atoms with Crippen molar-refractivity contribution in [2.75, 3.05) is 0 Å². The van der Waals surface area contributed by atoms with Crippen LogP contribution in [-0.4, -0.2) is 17.0 Å². The first-order valence-corrected chi connectivity index (χ1v) is 8.45. The summed E-state index contributed by atoms with van der Waals surface area (Å²) in [5, 5.41) is 0. The molecule has 4 atom stereocenters. The van der Waals surface area contributed by atoms with Crippen molar-refractivity contribution >= 4 is 7.92 Å². The molecular formula is C14H27P. The van der Waals surface area contributed by atoms with E-state index in [1.807, 2.05) is 0 Å². The van der Waals surface area contributed by atoms with Gasteiger partial charge in [0.05, 0.1) is 0 Å². The van der Waals surface area contributed by atoms with Crippen molar-refractivity contribution in [2.45, 2.75) is 76.8 Å². The molecule has 4 unspecified atom stereocenters. The molecule has 1 heteroatoms. The minimum atomic E-state index is 0.336. The molecule has 0 N–H and O–H groups in total. The number of rotatable bonds is 1. The third-order valence-electron chi connectivity index (χ3n) is 5.29. The fraction of sp³-hybridized carbons (Fsp3) is 1.00. The van der Waals surface area contributed by atoms with Crippen molar-refractivity contribution in [3.8, 4) is 0 Å². The molecule has 2 fully saturated rings. The maximum atomic E-state index is 2.55. The Labute approximate surface area is 97.0 Å². The van der Waals surface area contributed by atoms with E-state index < -0.39 is 0 Å². The first-order valence-electron chi connectivity index (χ1n) is 6.90. The van der Waals surface area contributed by atoms with Gasteiger partial charge in [0.2, 0.25) is 0 Å². The van der Waals surface area contributed by atoms with Gasteiger partial charge in [-0.25, -0.2) is 0 Å². The van der Waals surface area contributed by atoms with Crippen LogP contribution in [0.15, 0.2) is 0 Å². The molecule has 0 aromatic rings. The van der Waals surface area contributed by atoms with Gasteiger partial charge in [0.25, 0.3) is 0 Å². The van der Waals surface area contributed by atoms with Crippen LogP contribution in [0.4, 0.5) is 0 Å². The van der Waals surface area contributed by atoms with Gasteiger partial charge in [-0.3, -0.25) is 0 Å². The maximum absolute atomic E-state index is 2.55. The molecule has 15 heavy (non-hydrogen) atoms. The molecule has 88 valence electrons. The Bertz CT molecular complexity index is 193. The van der Waals surface area contributed by atoms with Gasteiger partial charge in [0.15, 0.2) is 0 Å². The van der Waals surface area contributed by atoms with Crippen LogP contribution in [0.3, 0.4) is 0 Å².